The van der Waals surface area contributed by atoms with Crippen LogP contribution in [0.2, 0.25) is 0 Å². The zero-order chi connectivity index (χ0) is 18.2. The Morgan fingerprint density at radius 2 is 2.00 bits per heavy atom. The summed E-state index contributed by atoms with van der Waals surface area (Å²) in [6.45, 7) is 6.80. The molecule has 0 aromatic heterocycles. The van der Waals surface area contributed by atoms with Gasteiger partial charge in [0.15, 0.2) is 15.8 Å². The molecule has 2 N–H and O–H groups in total. The number of nitrogens with one attached hydrogen (secondary N) is 2. The molecule has 1 aromatic carbocycles. The van der Waals surface area contributed by atoms with E-state index in [0.29, 0.717) is 30.4 Å². The van der Waals surface area contributed by atoms with E-state index in [-0.39, 0.29) is 35.3 Å². The van der Waals surface area contributed by atoms with Crippen LogP contribution >= 0.6 is 24.0 Å². The standard InChI is InChI=1S/C18H29N3O3S.HI/c1-3-19-17(21-15-18(2)11-7-13-24-18)20-12-8-14-25(22,23)16-9-5-4-6-10-16;/h4-6,9-10H,3,7-8,11-15H2,1-2H3,(H2,19,20,21);1H. The van der Waals surface area contributed by atoms with Gasteiger partial charge in [0.2, 0.25) is 0 Å². The van der Waals surface area contributed by atoms with Gasteiger partial charge in [-0.1, -0.05) is 18.2 Å². The average Bonchev–Trinajstić information content (AvgIpc) is 3.04. The minimum Gasteiger partial charge on any atom is -0.373 e. The summed E-state index contributed by atoms with van der Waals surface area (Å²) < 4.78 is 30.3. The molecule has 0 radical (unpaired) electrons. The molecule has 1 aromatic rings. The van der Waals surface area contributed by atoms with E-state index >= 15 is 0 Å². The molecule has 1 aliphatic rings. The highest BCUT2D eigenvalue weighted by atomic mass is 127. The molecule has 1 aliphatic heterocycles. The van der Waals surface area contributed by atoms with Crippen molar-refractivity contribution in [2.24, 2.45) is 4.99 Å². The number of sulfone groups is 1. The Bertz CT molecular complexity index is 660. The molecule has 0 amide bonds. The molecule has 2 rings (SSSR count). The van der Waals surface area contributed by atoms with Crippen molar-refractivity contribution < 1.29 is 13.2 Å². The molecule has 1 saturated heterocycles. The van der Waals surface area contributed by atoms with E-state index in [9.17, 15) is 8.42 Å². The lowest BCUT2D eigenvalue weighted by Crippen LogP contribution is -2.40. The highest BCUT2D eigenvalue weighted by molar-refractivity contribution is 14.0. The second-order valence-electron chi connectivity index (χ2n) is 6.51. The zero-order valence-electron chi connectivity index (χ0n) is 15.5. The molecule has 1 unspecified atom stereocenters. The van der Waals surface area contributed by atoms with Crippen molar-refractivity contribution in [2.75, 3.05) is 32.0 Å². The topological polar surface area (TPSA) is 79.8 Å². The van der Waals surface area contributed by atoms with Crippen LogP contribution in [0.4, 0.5) is 0 Å². The van der Waals surface area contributed by atoms with E-state index in [1.807, 2.05) is 13.0 Å². The van der Waals surface area contributed by atoms with Crippen LogP contribution in [-0.2, 0) is 14.6 Å². The predicted octanol–water partition coefficient (Wildman–Crippen LogP) is 2.59. The lowest BCUT2D eigenvalue weighted by atomic mass is 10.0. The van der Waals surface area contributed by atoms with Crippen molar-refractivity contribution in [1.82, 2.24) is 10.6 Å². The monoisotopic (exact) mass is 495 g/mol. The van der Waals surface area contributed by atoms with Crippen LogP contribution in [0.25, 0.3) is 0 Å². The number of rotatable bonds is 8. The van der Waals surface area contributed by atoms with Gasteiger partial charge < -0.3 is 15.4 Å². The summed E-state index contributed by atoms with van der Waals surface area (Å²) in [5.41, 5.74) is -0.182. The number of hydrogen-bond donors (Lipinski definition) is 2. The third-order valence-corrected chi connectivity index (χ3v) is 6.02. The first-order valence-electron chi connectivity index (χ1n) is 8.89. The first kappa shape index (κ1) is 23.2. The van der Waals surface area contributed by atoms with Gasteiger partial charge >= 0.3 is 0 Å². The van der Waals surface area contributed by atoms with Crippen molar-refractivity contribution in [1.29, 1.82) is 0 Å². The third-order valence-electron chi connectivity index (χ3n) is 4.20. The molecule has 1 atom stereocenters. The SMILES string of the molecule is CCNC(=NCC1(C)CCCO1)NCCCS(=O)(=O)c1ccccc1.I. The molecule has 0 bridgehead atoms. The highest BCUT2D eigenvalue weighted by Gasteiger charge is 2.29. The minimum absolute atomic E-state index is 0. The molecule has 8 heteroatoms. The van der Waals surface area contributed by atoms with Gasteiger partial charge in [-0.2, -0.15) is 0 Å². The molecule has 0 spiro atoms. The second kappa shape index (κ2) is 11.1. The van der Waals surface area contributed by atoms with E-state index in [1.54, 1.807) is 24.3 Å². The van der Waals surface area contributed by atoms with Crippen LogP contribution in [0.5, 0.6) is 0 Å². The summed E-state index contributed by atoms with van der Waals surface area (Å²) in [4.78, 5) is 4.96. The highest BCUT2D eigenvalue weighted by Crippen LogP contribution is 2.24. The second-order valence-corrected chi connectivity index (χ2v) is 8.62. The predicted molar refractivity (Wildman–Crippen MR) is 116 cm³/mol. The molecular weight excluding hydrogens is 465 g/mol. The Morgan fingerprint density at radius 1 is 1.27 bits per heavy atom. The summed E-state index contributed by atoms with van der Waals surface area (Å²) in [5.74, 6) is 0.820. The third kappa shape index (κ3) is 7.40. The number of hydrogen-bond acceptors (Lipinski definition) is 4. The van der Waals surface area contributed by atoms with Crippen molar-refractivity contribution in [3.05, 3.63) is 30.3 Å². The summed E-state index contributed by atoms with van der Waals surface area (Å²) >= 11 is 0. The van der Waals surface area contributed by atoms with E-state index < -0.39 is 9.84 Å². The van der Waals surface area contributed by atoms with Crippen LogP contribution in [-0.4, -0.2) is 52.0 Å². The van der Waals surface area contributed by atoms with Gasteiger partial charge in [0.05, 0.1) is 22.8 Å². The van der Waals surface area contributed by atoms with Gasteiger partial charge in [-0.3, -0.25) is 4.99 Å². The normalized spacial score (nSPS) is 20.5. The number of nitrogens with zero attached hydrogens (tertiary/aromatic N) is 1. The van der Waals surface area contributed by atoms with Gasteiger partial charge in [-0.25, -0.2) is 8.42 Å². The molecule has 1 fully saturated rings. The van der Waals surface area contributed by atoms with Crippen LogP contribution < -0.4 is 10.6 Å². The minimum atomic E-state index is -3.23. The molecular formula is C18H30IN3O3S. The number of ether oxygens (including phenoxy) is 1. The van der Waals surface area contributed by atoms with Crippen LogP contribution in [0, 0.1) is 0 Å². The number of aliphatic imine (C=N–C) groups is 1. The fourth-order valence-electron chi connectivity index (χ4n) is 2.76. The van der Waals surface area contributed by atoms with Crippen molar-refractivity contribution >= 4 is 39.8 Å². The van der Waals surface area contributed by atoms with Crippen molar-refractivity contribution in [3.63, 3.8) is 0 Å². The lowest BCUT2D eigenvalue weighted by Gasteiger charge is -2.21. The van der Waals surface area contributed by atoms with Gasteiger partial charge in [0.25, 0.3) is 0 Å². The van der Waals surface area contributed by atoms with Gasteiger partial charge in [-0.05, 0) is 45.2 Å². The smallest absolute Gasteiger partial charge is 0.191 e. The van der Waals surface area contributed by atoms with Crippen molar-refractivity contribution in [3.8, 4) is 0 Å². The maximum absolute atomic E-state index is 12.3. The van der Waals surface area contributed by atoms with Crippen LogP contribution in [0.15, 0.2) is 40.2 Å². The first-order valence-corrected chi connectivity index (χ1v) is 10.5. The summed E-state index contributed by atoms with van der Waals surface area (Å²) in [6.07, 6.45) is 2.62. The fourth-order valence-corrected chi connectivity index (χ4v) is 4.10. The molecule has 148 valence electrons. The van der Waals surface area contributed by atoms with E-state index in [1.165, 1.54) is 0 Å². The molecule has 0 saturated carbocycles. The van der Waals surface area contributed by atoms with Gasteiger partial charge in [0.1, 0.15) is 0 Å². The maximum atomic E-state index is 12.3. The quantitative estimate of drug-likeness (QED) is 0.251. The zero-order valence-corrected chi connectivity index (χ0v) is 18.7. The largest absolute Gasteiger partial charge is 0.373 e. The molecule has 0 aliphatic carbocycles. The number of guanidine groups is 1. The lowest BCUT2D eigenvalue weighted by molar-refractivity contribution is 0.0283. The Balaban J connectivity index is 0.00000338. The Morgan fingerprint density at radius 3 is 2.62 bits per heavy atom. The average molecular weight is 495 g/mol. The number of benzene rings is 1. The maximum Gasteiger partial charge on any atom is 0.191 e. The van der Waals surface area contributed by atoms with Crippen molar-refractivity contribution in [2.45, 2.75) is 43.6 Å². The molecule has 6 nitrogen and oxygen atoms in total. The summed E-state index contributed by atoms with van der Waals surface area (Å²) in [6, 6.07) is 8.57. The molecule has 1 heterocycles. The number of halogens is 1. The first-order chi connectivity index (χ1) is 12.0. The Hall–Kier alpha value is -0.870. The fraction of sp³-hybridized carbons (Fsp3) is 0.611. The van der Waals surface area contributed by atoms with Crippen LogP contribution in [0.1, 0.15) is 33.1 Å². The van der Waals surface area contributed by atoms with Gasteiger partial charge in [-0.15, -0.1) is 24.0 Å². The van der Waals surface area contributed by atoms with E-state index in [2.05, 4.69) is 22.5 Å². The summed E-state index contributed by atoms with van der Waals surface area (Å²) in [5, 5.41) is 6.39. The van der Waals surface area contributed by atoms with E-state index in [0.717, 1.165) is 26.0 Å². The van der Waals surface area contributed by atoms with E-state index in [4.69, 9.17) is 4.74 Å². The Kier molecular flexibility index (Phi) is 9.88. The Labute approximate surface area is 174 Å². The summed E-state index contributed by atoms with van der Waals surface area (Å²) in [7, 11) is -3.23. The van der Waals surface area contributed by atoms with Crippen LogP contribution in [0.3, 0.4) is 0 Å². The molecule has 26 heavy (non-hydrogen) atoms. The van der Waals surface area contributed by atoms with Gasteiger partial charge in [0, 0.05) is 19.7 Å².